The summed E-state index contributed by atoms with van der Waals surface area (Å²) in [5.74, 6) is 0.467. The van der Waals surface area contributed by atoms with Crippen LogP contribution in [0.3, 0.4) is 0 Å². The van der Waals surface area contributed by atoms with Gasteiger partial charge in [0.1, 0.15) is 17.7 Å². The third kappa shape index (κ3) is 2.88. The zero-order valence-corrected chi connectivity index (χ0v) is 12.7. The lowest BCUT2D eigenvalue weighted by atomic mass is 10.0. The second kappa shape index (κ2) is 5.78. The highest BCUT2D eigenvalue weighted by atomic mass is 79.9. The smallest absolute Gasteiger partial charge is 0.158 e. The van der Waals surface area contributed by atoms with Crippen LogP contribution in [0.5, 0.6) is 0 Å². The topological polar surface area (TPSA) is 52.8 Å². The van der Waals surface area contributed by atoms with Crippen molar-refractivity contribution in [3.63, 3.8) is 0 Å². The number of halogens is 2. The Morgan fingerprint density at radius 3 is 2.81 bits per heavy atom. The molecular weight excluding hydrogens is 335 g/mol. The summed E-state index contributed by atoms with van der Waals surface area (Å²) in [6, 6.07) is 6.98. The van der Waals surface area contributed by atoms with Crippen LogP contribution in [0.2, 0.25) is 0 Å². The summed E-state index contributed by atoms with van der Waals surface area (Å²) in [5.41, 5.74) is 1.22. The van der Waals surface area contributed by atoms with Crippen LogP contribution in [-0.4, -0.2) is 16.5 Å². The average Bonchev–Trinajstić information content (AvgIpc) is 2.96. The van der Waals surface area contributed by atoms with Gasteiger partial charge in [0.25, 0.3) is 0 Å². The largest absolute Gasteiger partial charge is 0.348 e. The molecule has 3 rings (SSSR count). The van der Waals surface area contributed by atoms with E-state index in [9.17, 15) is 4.39 Å². The molecule has 0 unspecified atom stereocenters. The maximum Gasteiger partial charge on any atom is 0.158 e. The minimum atomic E-state index is -0.253. The molecule has 1 aliphatic rings. The summed E-state index contributed by atoms with van der Waals surface area (Å²) in [5, 5.41) is 8.77. The lowest BCUT2D eigenvalue weighted by molar-refractivity contribution is 0.617. The maximum absolute atomic E-state index is 13.6. The lowest BCUT2D eigenvalue weighted by Gasteiger charge is -2.26. The Kier molecular flexibility index (Phi) is 3.84. The van der Waals surface area contributed by atoms with Crippen molar-refractivity contribution in [2.45, 2.75) is 18.9 Å². The summed E-state index contributed by atoms with van der Waals surface area (Å²) in [6.45, 7) is 0.847. The molecule has 1 aliphatic heterocycles. The summed E-state index contributed by atoms with van der Waals surface area (Å²) in [6.07, 6.45) is 5.02. The molecule has 0 amide bonds. The fourth-order valence-electron chi connectivity index (χ4n) is 2.68. The van der Waals surface area contributed by atoms with Gasteiger partial charge < -0.3 is 4.90 Å². The Morgan fingerprint density at radius 2 is 2.14 bits per heavy atom. The predicted octanol–water partition coefficient (Wildman–Crippen LogP) is 3.59. The molecule has 0 spiro atoms. The SMILES string of the molecule is N#Cc1cnc(N2CCC[C@H]2c2cc(F)cc(Br)c2)cn1. The standard InChI is InChI=1S/C15H12BrFN4/c16-11-4-10(5-12(17)6-11)14-2-1-3-21(14)15-9-19-13(7-18)8-20-15/h4-6,8-9,14H,1-3H2/t14-/m0/s1. The van der Waals surface area contributed by atoms with E-state index in [0.29, 0.717) is 5.69 Å². The van der Waals surface area contributed by atoms with E-state index in [4.69, 9.17) is 5.26 Å². The number of hydrogen-bond acceptors (Lipinski definition) is 4. The van der Waals surface area contributed by atoms with E-state index in [0.717, 1.165) is 35.2 Å². The normalized spacial score (nSPS) is 17.8. The summed E-state index contributed by atoms with van der Waals surface area (Å²) >= 11 is 3.33. The van der Waals surface area contributed by atoms with Gasteiger partial charge in [-0.15, -0.1) is 0 Å². The second-order valence-electron chi connectivity index (χ2n) is 4.93. The van der Waals surface area contributed by atoms with E-state index >= 15 is 0 Å². The van der Waals surface area contributed by atoms with Gasteiger partial charge >= 0.3 is 0 Å². The van der Waals surface area contributed by atoms with Gasteiger partial charge in [0.05, 0.1) is 18.4 Å². The molecule has 106 valence electrons. The average molecular weight is 347 g/mol. The zero-order chi connectivity index (χ0) is 14.8. The summed E-state index contributed by atoms with van der Waals surface area (Å²) in [4.78, 5) is 10.5. The minimum absolute atomic E-state index is 0.0826. The summed E-state index contributed by atoms with van der Waals surface area (Å²) in [7, 11) is 0. The van der Waals surface area contributed by atoms with Crippen molar-refractivity contribution in [1.82, 2.24) is 9.97 Å². The van der Waals surface area contributed by atoms with Gasteiger partial charge in [0.2, 0.25) is 0 Å². The van der Waals surface area contributed by atoms with Gasteiger partial charge in [-0.2, -0.15) is 5.26 Å². The number of aromatic nitrogens is 2. The van der Waals surface area contributed by atoms with Crippen LogP contribution < -0.4 is 4.90 Å². The highest BCUT2D eigenvalue weighted by Crippen LogP contribution is 2.36. The molecule has 1 atom stereocenters. The van der Waals surface area contributed by atoms with Gasteiger partial charge in [0, 0.05) is 11.0 Å². The van der Waals surface area contributed by atoms with Gasteiger partial charge in [0.15, 0.2) is 5.69 Å². The minimum Gasteiger partial charge on any atom is -0.348 e. The van der Waals surface area contributed by atoms with E-state index < -0.39 is 0 Å². The van der Waals surface area contributed by atoms with E-state index in [1.165, 1.54) is 12.3 Å². The van der Waals surface area contributed by atoms with Crippen molar-refractivity contribution in [2.75, 3.05) is 11.4 Å². The second-order valence-corrected chi connectivity index (χ2v) is 5.84. The molecule has 21 heavy (non-hydrogen) atoms. The molecule has 0 aliphatic carbocycles. The van der Waals surface area contributed by atoms with Crippen molar-refractivity contribution in [3.8, 4) is 6.07 Å². The molecule has 0 bridgehead atoms. The van der Waals surface area contributed by atoms with Crippen molar-refractivity contribution in [3.05, 3.63) is 52.1 Å². The Bertz CT molecular complexity index is 676. The molecule has 6 heteroatoms. The third-order valence-electron chi connectivity index (χ3n) is 3.57. The summed E-state index contributed by atoms with van der Waals surface area (Å²) < 4.78 is 14.3. The number of rotatable bonds is 2. The van der Waals surface area contributed by atoms with E-state index in [1.807, 2.05) is 12.1 Å². The van der Waals surface area contributed by atoms with Crippen LogP contribution in [0.1, 0.15) is 30.1 Å². The molecule has 1 saturated heterocycles. The lowest BCUT2D eigenvalue weighted by Crippen LogP contribution is -2.23. The van der Waals surface area contributed by atoms with Crippen LogP contribution in [0.25, 0.3) is 0 Å². The number of nitrogens with zero attached hydrogens (tertiary/aromatic N) is 4. The van der Waals surface area contributed by atoms with Crippen molar-refractivity contribution >= 4 is 21.7 Å². The fraction of sp³-hybridized carbons (Fsp3) is 0.267. The number of hydrogen-bond donors (Lipinski definition) is 0. The Morgan fingerprint density at radius 1 is 1.29 bits per heavy atom. The van der Waals surface area contributed by atoms with E-state index in [2.05, 4.69) is 30.8 Å². The Labute approximate surface area is 130 Å². The zero-order valence-electron chi connectivity index (χ0n) is 11.1. The molecule has 1 aromatic carbocycles. The first-order valence-electron chi connectivity index (χ1n) is 6.62. The number of nitriles is 1. The molecule has 4 nitrogen and oxygen atoms in total. The van der Waals surface area contributed by atoms with Crippen LogP contribution in [0.4, 0.5) is 10.2 Å². The molecule has 0 radical (unpaired) electrons. The van der Waals surface area contributed by atoms with Crippen molar-refractivity contribution in [1.29, 1.82) is 5.26 Å². The van der Waals surface area contributed by atoms with Crippen molar-refractivity contribution < 1.29 is 4.39 Å². The molecule has 0 saturated carbocycles. The quantitative estimate of drug-likeness (QED) is 0.833. The van der Waals surface area contributed by atoms with Crippen LogP contribution in [-0.2, 0) is 0 Å². The predicted molar refractivity (Wildman–Crippen MR) is 80.2 cm³/mol. The first kappa shape index (κ1) is 14.0. The van der Waals surface area contributed by atoms with Gasteiger partial charge in [-0.3, -0.25) is 0 Å². The number of benzene rings is 1. The molecule has 1 fully saturated rings. The Balaban J connectivity index is 1.93. The van der Waals surface area contributed by atoms with Crippen LogP contribution >= 0.6 is 15.9 Å². The highest BCUT2D eigenvalue weighted by molar-refractivity contribution is 9.10. The Hall–Kier alpha value is -2.00. The molecular formula is C15H12BrFN4. The molecule has 2 heterocycles. The van der Waals surface area contributed by atoms with E-state index in [1.54, 1.807) is 12.3 Å². The fourth-order valence-corrected chi connectivity index (χ4v) is 3.17. The van der Waals surface area contributed by atoms with Crippen molar-refractivity contribution in [2.24, 2.45) is 0 Å². The van der Waals surface area contributed by atoms with Gasteiger partial charge in [-0.1, -0.05) is 15.9 Å². The van der Waals surface area contributed by atoms with E-state index in [-0.39, 0.29) is 11.9 Å². The maximum atomic E-state index is 13.6. The third-order valence-corrected chi connectivity index (χ3v) is 4.03. The number of anilines is 1. The first-order valence-corrected chi connectivity index (χ1v) is 7.41. The molecule has 1 aromatic heterocycles. The first-order chi connectivity index (χ1) is 10.2. The highest BCUT2D eigenvalue weighted by Gasteiger charge is 2.27. The van der Waals surface area contributed by atoms with Gasteiger partial charge in [-0.25, -0.2) is 14.4 Å². The van der Waals surface area contributed by atoms with Gasteiger partial charge in [-0.05, 0) is 36.6 Å². The van der Waals surface area contributed by atoms with Crippen LogP contribution in [0.15, 0.2) is 35.1 Å². The van der Waals surface area contributed by atoms with Crippen LogP contribution in [0, 0.1) is 17.1 Å². The monoisotopic (exact) mass is 346 g/mol. The molecule has 0 N–H and O–H groups in total. The molecule has 2 aromatic rings.